The molecule has 0 bridgehead atoms. The summed E-state index contributed by atoms with van der Waals surface area (Å²) in [5, 5.41) is 3.15. The number of benzene rings is 2. The van der Waals surface area contributed by atoms with Crippen molar-refractivity contribution < 1.29 is 13.9 Å². The Morgan fingerprint density at radius 1 is 1.25 bits per heavy atom. The number of carbonyl (C=O) groups excluding carboxylic acids is 1. The van der Waals surface area contributed by atoms with Gasteiger partial charge >= 0.3 is 6.03 Å². The number of hydrogen-bond donors (Lipinski definition) is 1. The van der Waals surface area contributed by atoms with Crippen LogP contribution in [-0.2, 0) is 6.61 Å². The van der Waals surface area contributed by atoms with E-state index < -0.39 is 0 Å². The topological polar surface area (TPSA) is 41.6 Å². The van der Waals surface area contributed by atoms with Crippen molar-refractivity contribution in [3.63, 3.8) is 0 Å². The van der Waals surface area contributed by atoms with Crippen LogP contribution in [-0.4, -0.2) is 19.1 Å². The molecular weight excluding hydrogens is 331 g/mol. The Kier molecular flexibility index (Phi) is 6.04. The molecule has 2 amide bonds. The van der Waals surface area contributed by atoms with Gasteiger partial charge in [0.05, 0.1) is 5.02 Å². The lowest BCUT2D eigenvalue weighted by Gasteiger charge is -2.20. The van der Waals surface area contributed by atoms with Crippen molar-refractivity contribution in [2.45, 2.75) is 26.5 Å². The molecule has 1 N–H and O–H groups in total. The summed E-state index contributed by atoms with van der Waals surface area (Å²) in [6.45, 7) is 4.05. The van der Waals surface area contributed by atoms with Crippen LogP contribution in [0.25, 0.3) is 0 Å². The van der Waals surface area contributed by atoms with Crippen LogP contribution in [0.2, 0.25) is 5.02 Å². The van der Waals surface area contributed by atoms with E-state index in [0.29, 0.717) is 16.3 Å². The number of ether oxygens (including phenoxy) is 1. The monoisotopic (exact) mass is 350 g/mol. The fourth-order valence-electron chi connectivity index (χ4n) is 2.03. The molecule has 0 aliphatic heterocycles. The number of halogens is 2. The SMILES string of the molecule is CC(C)NC(=O)N(C)c1ccc(OCc2ccc(F)cc2Cl)cc1. The van der Waals surface area contributed by atoms with Gasteiger partial charge in [0.15, 0.2) is 0 Å². The van der Waals surface area contributed by atoms with Crippen LogP contribution < -0.4 is 15.0 Å². The molecule has 0 atom stereocenters. The van der Waals surface area contributed by atoms with Gasteiger partial charge in [-0.05, 0) is 50.2 Å². The highest BCUT2D eigenvalue weighted by molar-refractivity contribution is 6.31. The molecule has 24 heavy (non-hydrogen) atoms. The zero-order chi connectivity index (χ0) is 17.7. The molecule has 0 saturated heterocycles. The van der Waals surface area contributed by atoms with Crippen molar-refractivity contribution in [1.82, 2.24) is 5.32 Å². The van der Waals surface area contributed by atoms with Gasteiger partial charge in [-0.3, -0.25) is 4.90 Å². The summed E-state index contributed by atoms with van der Waals surface area (Å²) < 4.78 is 18.7. The highest BCUT2D eigenvalue weighted by Gasteiger charge is 2.11. The van der Waals surface area contributed by atoms with Gasteiger partial charge in [0.1, 0.15) is 18.2 Å². The summed E-state index contributed by atoms with van der Waals surface area (Å²) >= 11 is 5.97. The van der Waals surface area contributed by atoms with Gasteiger partial charge in [-0.1, -0.05) is 17.7 Å². The second-order valence-electron chi connectivity index (χ2n) is 5.68. The highest BCUT2D eigenvalue weighted by Crippen LogP contribution is 2.22. The van der Waals surface area contributed by atoms with Crippen LogP contribution in [0, 0.1) is 5.82 Å². The fraction of sp³-hybridized carbons (Fsp3) is 0.278. The maximum Gasteiger partial charge on any atom is 0.321 e. The van der Waals surface area contributed by atoms with Crippen LogP contribution in [0.5, 0.6) is 5.75 Å². The van der Waals surface area contributed by atoms with Gasteiger partial charge in [0.25, 0.3) is 0 Å². The first-order valence-corrected chi connectivity index (χ1v) is 7.95. The van der Waals surface area contributed by atoms with Crippen molar-refractivity contribution in [1.29, 1.82) is 0 Å². The van der Waals surface area contributed by atoms with Gasteiger partial charge in [0.2, 0.25) is 0 Å². The maximum absolute atomic E-state index is 13.0. The molecule has 2 aromatic rings. The quantitative estimate of drug-likeness (QED) is 0.855. The summed E-state index contributed by atoms with van der Waals surface area (Å²) in [4.78, 5) is 13.5. The third kappa shape index (κ3) is 4.86. The molecule has 0 heterocycles. The van der Waals surface area contributed by atoms with Crippen LogP contribution in [0.3, 0.4) is 0 Å². The molecule has 0 unspecified atom stereocenters. The van der Waals surface area contributed by atoms with E-state index in [0.717, 1.165) is 5.69 Å². The lowest BCUT2D eigenvalue weighted by Crippen LogP contribution is -2.40. The normalized spacial score (nSPS) is 10.6. The van der Waals surface area contributed by atoms with Gasteiger partial charge < -0.3 is 10.1 Å². The van der Waals surface area contributed by atoms with Gasteiger partial charge in [-0.2, -0.15) is 0 Å². The number of carbonyl (C=O) groups is 1. The van der Waals surface area contributed by atoms with Gasteiger partial charge in [-0.25, -0.2) is 9.18 Å². The van der Waals surface area contributed by atoms with Gasteiger partial charge in [0, 0.05) is 24.3 Å². The number of nitrogens with one attached hydrogen (secondary N) is 1. The first kappa shape index (κ1) is 18.1. The third-order valence-electron chi connectivity index (χ3n) is 3.35. The molecule has 128 valence electrons. The van der Waals surface area contributed by atoms with E-state index in [4.69, 9.17) is 16.3 Å². The first-order valence-electron chi connectivity index (χ1n) is 7.58. The average molecular weight is 351 g/mol. The third-order valence-corrected chi connectivity index (χ3v) is 3.70. The molecule has 6 heteroatoms. The van der Waals surface area contributed by atoms with E-state index in [2.05, 4.69) is 5.32 Å². The Morgan fingerprint density at radius 2 is 1.92 bits per heavy atom. The van der Waals surface area contributed by atoms with E-state index in [1.807, 2.05) is 13.8 Å². The highest BCUT2D eigenvalue weighted by atomic mass is 35.5. The minimum Gasteiger partial charge on any atom is -0.489 e. The Balaban J connectivity index is 1.98. The molecule has 0 aromatic heterocycles. The molecule has 2 rings (SSSR count). The zero-order valence-corrected chi connectivity index (χ0v) is 14.6. The molecule has 0 aliphatic carbocycles. The van der Waals surface area contributed by atoms with Crippen molar-refractivity contribution in [2.75, 3.05) is 11.9 Å². The number of urea groups is 1. The second kappa shape index (κ2) is 8.02. The summed E-state index contributed by atoms with van der Waals surface area (Å²) in [5.74, 6) is 0.257. The number of nitrogens with zero attached hydrogens (tertiary/aromatic N) is 1. The van der Waals surface area contributed by atoms with Crippen molar-refractivity contribution in [3.05, 3.63) is 58.9 Å². The molecule has 0 spiro atoms. The van der Waals surface area contributed by atoms with Crippen molar-refractivity contribution in [3.8, 4) is 5.75 Å². The van der Waals surface area contributed by atoms with E-state index in [9.17, 15) is 9.18 Å². The zero-order valence-electron chi connectivity index (χ0n) is 13.8. The maximum atomic E-state index is 13.0. The number of anilines is 1. The largest absolute Gasteiger partial charge is 0.489 e. The van der Waals surface area contributed by atoms with E-state index in [-0.39, 0.29) is 24.5 Å². The standard InChI is InChI=1S/C18H20ClFN2O2/c1-12(2)21-18(23)22(3)15-6-8-16(9-7-15)24-11-13-4-5-14(20)10-17(13)19/h4-10,12H,11H2,1-3H3,(H,21,23). The Bertz CT molecular complexity index is 705. The van der Waals surface area contributed by atoms with E-state index in [1.54, 1.807) is 37.4 Å². The Hall–Kier alpha value is -2.27. The second-order valence-corrected chi connectivity index (χ2v) is 6.09. The smallest absolute Gasteiger partial charge is 0.321 e. The number of amides is 2. The summed E-state index contributed by atoms with van der Waals surface area (Å²) in [5.41, 5.74) is 1.45. The molecule has 0 radical (unpaired) electrons. The summed E-state index contributed by atoms with van der Waals surface area (Å²) in [7, 11) is 1.70. The predicted molar refractivity (Wildman–Crippen MR) is 94.3 cm³/mol. The Labute approximate surface area is 146 Å². The van der Waals surface area contributed by atoms with Gasteiger partial charge in [-0.15, -0.1) is 0 Å². The van der Waals surface area contributed by atoms with Crippen LogP contribution in [0.4, 0.5) is 14.9 Å². The lowest BCUT2D eigenvalue weighted by molar-refractivity contribution is 0.245. The predicted octanol–water partition coefficient (Wildman–Crippen LogP) is 4.61. The summed E-state index contributed by atoms with van der Waals surface area (Å²) in [6, 6.07) is 11.2. The fourth-order valence-corrected chi connectivity index (χ4v) is 2.25. The number of rotatable bonds is 5. The van der Waals surface area contributed by atoms with Crippen LogP contribution in [0.1, 0.15) is 19.4 Å². The molecule has 0 fully saturated rings. The molecule has 2 aromatic carbocycles. The average Bonchev–Trinajstić information content (AvgIpc) is 2.53. The van der Waals surface area contributed by atoms with Crippen LogP contribution in [0.15, 0.2) is 42.5 Å². The first-order chi connectivity index (χ1) is 11.4. The minimum atomic E-state index is -0.379. The number of hydrogen-bond acceptors (Lipinski definition) is 2. The molecule has 0 saturated carbocycles. The Morgan fingerprint density at radius 3 is 2.50 bits per heavy atom. The summed E-state index contributed by atoms with van der Waals surface area (Å²) in [6.07, 6.45) is 0. The lowest BCUT2D eigenvalue weighted by atomic mass is 10.2. The van der Waals surface area contributed by atoms with Crippen molar-refractivity contribution in [2.24, 2.45) is 0 Å². The van der Waals surface area contributed by atoms with E-state index in [1.165, 1.54) is 17.0 Å². The molecule has 0 aliphatic rings. The van der Waals surface area contributed by atoms with E-state index >= 15 is 0 Å². The van der Waals surface area contributed by atoms with Crippen molar-refractivity contribution >= 4 is 23.3 Å². The van der Waals surface area contributed by atoms with Crippen LogP contribution >= 0.6 is 11.6 Å². The minimum absolute atomic E-state index is 0.0722. The molecular formula is C18H20ClFN2O2. The molecule has 4 nitrogen and oxygen atoms in total.